The van der Waals surface area contributed by atoms with Crippen molar-refractivity contribution in [3.63, 3.8) is 0 Å². The Kier molecular flexibility index (Phi) is 11.2. The van der Waals surface area contributed by atoms with Gasteiger partial charge in [0, 0.05) is 36.9 Å². The maximum absolute atomic E-state index is 14.5. The van der Waals surface area contributed by atoms with Gasteiger partial charge < -0.3 is 44.6 Å². The van der Waals surface area contributed by atoms with Gasteiger partial charge in [0.05, 0.1) is 45.7 Å². The van der Waals surface area contributed by atoms with Crippen LogP contribution in [0.5, 0.6) is 11.5 Å². The number of alkyl carbamates (subject to hydrolysis) is 1. The molecule has 0 bridgehead atoms. The number of hydrogen-bond acceptors (Lipinski definition) is 11. The van der Waals surface area contributed by atoms with Gasteiger partial charge in [0.15, 0.2) is 5.60 Å². The number of carbonyl (C=O) groups excluding carboxylic acids is 5. The van der Waals surface area contributed by atoms with Crippen molar-refractivity contribution in [2.24, 2.45) is 10.6 Å². The molecule has 4 amide bonds. The molecule has 0 aromatic heterocycles. The zero-order chi connectivity index (χ0) is 36.2. The summed E-state index contributed by atoms with van der Waals surface area (Å²) in [5.74, 6) is -1.51. The zero-order valence-electron chi connectivity index (χ0n) is 29.7. The summed E-state index contributed by atoms with van der Waals surface area (Å²) in [6, 6.07) is 1.98. The highest BCUT2D eigenvalue weighted by atomic mass is 16.7. The van der Waals surface area contributed by atoms with Gasteiger partial charge in [-0.3, -0.25) is 19.2 Å². The molecule has 0 unspecified atom stereocenters. The minimum Gasteiger partial charge on any atom is -0.497 e. The first-order chi connectivity index (χ1) is 23.8. The number of nitrogens with zero attached hydrogens (tertiary/aromatic N) is 2. The van der Waals surface area contributed by atoms with Crippen molar-refractivity contribution in [1.29, 1.82) is 0 Å². The summed E-state index contributed by atoms with van der Waals surface area (Å²) < 4.78 is 21.7. The van der Waals surface area contributed by atoms with Crippen LogP contribution >= 0.6 is 0 Å². The van der Waals surface area contributed by atoms with E-state index in [2.05, 4.69) is 21.1 Å². The summed E-state index contributed by atoms with van der Waals surface area (Å²) >= 11 is 0. The Labute approximate surface area is 292 Å². The van der Waals surface area contributed by atoms with Crippen LogP contribution in [0.15, 0.2) is 23.4 Å². The lowest BCUT2D eigenvalue weighted by atomic mass is 9.85. The van der Waals surface area contributed by atoms with Gasteiger partial charge in [0.2, 0.25) is 17.6 Å². The second-order valence-electron chi connectivity index (χ2n) is 14.5. The fourth-order valence-electron chi connectivity index (χ4n) is 6.50. The van der Waals surface area contributed by atoms with Crippen LogP contribution in [0.4, 0.5) is 4.79 Å². The van der Waals surface area contributed by atoms with Crippen molar-refractivity contribution in [1.82, 2.24) is 20.9 Å². The summed E-state index contributed by atoms with van der Waals surface area (Å²) in [7, 11) is 3.08. The Balaban J connectivity index is 1.41. The van der Waals surface area contributed by atoms with E-state index in [1.807, 2.05) is 6.92 Å². The largest absolute Gasteiger partial charge is 0.497 e. The molecule has 15 nitrogen and oxygen atoms in total. The molecule has 274 valence electrons. The van der Waals surface area contributed by atoms with Gasteiger partial charge in [-0.1, -0.05) is 39.3 Å². The van der Waals surface area contributed by atoms with Crippen molar-refractivity contribution in [3.05, 3.63) is 23.8 Å². The van der Waals surface area contributed by atoms with E-state index in [-0.39, 0.29) is 38.5 Å². The van der Waals surface area contributed by atoms with Crippen LogP contribution in [0.2, 0.25) is 0 Å². The smallest absolute Gasteiger partial charge is 0.408 e. The third kappa shape index (κ3) is 8.48. The molecule has 3 aliphatic heterocycles. The monoisotopic (exact) mass is 699 g/mol. The molecule has 0 radical (unpaired) electrons. The number of ketones is 1. The Morgan fingerprint density at radius 2 is 1.84 bits per heavy atom. The molecular weight excluding hydrogens is 650 g/mol. The topological polar surface area (TPSA) is 183 Å². The van der Waals surface area contributed by atoms with Crippen molar-refractivity contribution >= 4 is 35.3 Å². The van der Waals surface area contributed by atoms with E-state index in [4.69, 9.17) is 23.8 Å². The number of methoxy groups -OCH3 is 2. The van der Waals surface area contributed by atoms with E-state index >= 15 is 0 Å². The molecule has 4 aliphatic rings. The molecule has 1 spiro atoms. The number of oxime groups is 1. The van der Waals surface area contributed by atoms with Crippen molar-refractivity contribution < 1.29 is 47.8 Å². The first-order valence-electron chi connectivity index (χ1n) is 17.3. The first-order valence-corrected chi connectivity index (χ1v) is 17.3. The van der Waals surface area contributed by atoms with Gasteiger partial charge in [-0.2, -0.15) is 0 Å². The third-order valence-electron chi connectivity index (χ3n) is 9.43. The molecule has 1 aromatic carbocycles. The summed E-state index contributed by atoms with van der Waals surface area (Å²) in [5, 5.41) is 12.6. The molecule has 5 rings (SSSR count). The number of Topliss-reactive ketones (excluding diaryl/α,β-unsaturated/α-hetero) is 1. The number of hydrogen-bond donors (Lipinski definition) is 3. The standard InChI is InChI=1S/C35H49N5O10/c1-7-8-24(28(41)31(43)36-20-9-10-20)37-30(42)26-17-35(16-25(39-50-35)23-12-11-21(46-5)15-27(23)47-6)19-40(26)32(44)29(34(2,3)4)38-33(45)49-22-13-14-48-18-22/h11-12,15,20,22,24,26,29H,7-10,13-14,16-19H2,1-6H3,(H,36,43)(H,37,42)(H,38,45)/t22-,24-,26-,29+,35+/m0/s1. The molecule has 1 aromatic rings. The third-order valence-corrected chi connectivity index (χ3v) is 9.43. The molecule has 15 heteroatoms. The average molecular weight is 700 g/mol. The molecule has 5 atom stereocenters. The minimum atomic E-state index is -1.11. The van der Waals surface area contributed by atoms with Gasteiger partial charge in [-0.05, 0) is 36.8 Å². The summed E-state index contributed by atoms with van der Waals surface area (Å²) in [4.78, 5) is 75.0. The predicted octanol–water partition coefficient (Wildman–Crippen LogP) is 2.23. The van der Waals surface area contributed by atoms with E-state index in [0.29, 0.717) is 42.2 Å². The first kappa shape index (κ1) is 36.9. The van der Waals surface area contributed by atoms with E-state index in [0.717, 1.165) is 12.8 Å². The summed E-state index contributed by atoms with van der Waals surface area (Å²) in [6.45, 7) is 7.95. The van der Waals surface area contributed by atoms with Gasteiger partial charge in [0.25, 0.3) is 5.91 Å². The van der Waals surface area contributed by atoms with Gasteiger partial charge >= 0.3 is 6.09 Å². The molecular formula is C35H49N5O10. The lowest BCUT2D eigenvalue weighted by Gasteiger charge is -2.35. The van der Waals surface area contributed by atoms with Crippen LogP contribution in [-0.2, 0) is 33.5 Å². The van der Waals surface area contributed by atoms with Crippen molar-refractivity contribution in [2.75, 3.05) is 34.0 Å². The predicted molar refractivity (Wildman–Crippen MR) is 180 cm³/mol. The quantitative estimate of drug-likeness (QED) is 0.258. The second-order valence-corrected chi connectivity index (χ2v) is 14.5. The number of amides is 4. The Morgan fingerprint density at radius 1 is 1.08 bits per heavy atom. The number of ether oxygens (including phenoxy) is 4. The Bertz CT molecular complexity index is 1500. The average Bonchev–Trinajstić information content (AvgIpc) is 3.43. The summed E-state index contributed by atoms with van der Waals surface area (Å²) in [6.07, 6.45) is 2.00. The minimum absolute atomic E-state index is 0.0278. The maximum Gasteiger partial charge on any atom is 0.408 e. The fraction of sp³-hybridized carbons (Fsp3) is 0.657. The zero-order valence-corrected chi connectivity index (χ0v) is 29.7. The molecule has 3 fully saturated rings. The van der Waals surface area contributed by atoms with Crippen LogP contribution in [-0.4, -0.2) is 110 Å². The van der Waals surface area contributed by atoms with Gasteiger partial charge in [-0.25, -0.2) is 4.79 Å². The highest BCUT2D eigenvalue weighted by molar-refractivity contribution is 6.38. The SMILES string of the molecule is CCC[C@H](NC(=O)[C@@H]1C[C@]2(CC(c3ccc(OC)cc3OC)=NO2)CN1C(=O)[C@@H](NC(=O)O[C@H]1CCOC1)C(C)(C)C)C(=O)C(=O)NC1CC1. The van der Waals surface area contributed by atoms with E-state index in [9.17, 15) is 24.0 Å². The molecule has 2 saturated heterocycles. The van der Waals surface area contributed by atoms with Crippen LogP contribution in [0.1, 0.15) is 78.2 Å². The van der Waals surface area contributed by atoms with Crippen LogP contribution in [0, 0.1) is 5.41 Å². The van der Waals surface area contributed by atoms with Crippen molar-refractivity contribution in [2.45, 2.75) is 109 Å². The van der Waals surface area contributed by atoms with Crippen LogP contribution in [0.3, 0.4) is 0 Å². The van der Waals surface area contributed by atoms with Gasteiger partial charge in [-0.15, -0.1) is 0 Å². The van der Waals surface area contributed by atoms with Crippen LogP contribution < -0.4 is 25.4 Å². The van der Waals surface area contributed by atoms with Gasteiger partial charge in [0.1, 0.15) is 29.7 Å². The second kappa shape index (κ2) is 15.2. The number of rotatable bonds is 13. The molecule has 3 heterocycles. The normalized spacial score (nSPS) is 24.1. The molecule has 1 saturated carbocycles. The van der Waals surface area contributed by atoms with E-state index < -0.39 is 64.8 Å². The van der Waals surface area contributed by atoms with Crippen LogP contribution in [0.25, 0.3) is 0 Å². The maximum atomic E-state index is 14.5. The fourth-order valence-corrected chi connectivity index (χ4v) is 6.50. The molecule has 50 heavy (non-hydrogen) atoms. The number of carbonyl (C=O) groups is 5. The van der Waals surface area contributed by atoms with E-state index in [1.165, 1.54) is 12.0 Å². The number of likely N-dealkylation sites (tertiary alicyclic amines) is 1. The molecule has 3 N–H and O–H groups in total. The lowest BCUT2D eigenvalue weighted by Crippen LogP contribution is -2.59. The highest BCUT2D eigenvalue weighted by Gasteiger charge is 2.56. The summed E-state index contributed by atoms with van der Waals surface area (Å²) in [5.41, 5.74) is -0.675. The number of benzene rings is 1. The van der Waals surface area contributed by atoms with Crippen molar-refractivity contribution in [3.8, 4) is 11.5 Å². The lowest BCUT2D eigenvalue weighted by molar-refractivity contribution is -0.144. The number of nitrogens with one attached hydrogen (secondary N) is 3. The Morgan fingerprint density at radius 3 is 2.46 bits per heavy atom. The molecule has 1 aliphatic carbocycles. The highest BCUT2D eigenvalue weighted by Crippen LogP contribution is 2.41. The van der Waals surface area contributed by atoms with E-state index in [1.54, 1.807) is 46.1 Å². The Hall–Kier alpha value is -4.40.